The van der Waals surface area contributed by atoms with Crippen molar-refractivity contribution in [2.24, 2.45) is 5.73 Å². The molecule has 1 heterocycles. The van der Waals surface area contributed by atoms with Gasteiger partial charge >= 0.3 is 0 Å². The van der Waals surface area contributed by atoms with E-state index in [0.29, 0.717) is 24.6 Å². The second-order valence-corrected chi connectivity index (χ2v) is 7.21. The normalized spacial score (nSPS) is 10.3. The zero-order valence-corrected chi connectivity index (χ0v) is 17.7. The molecule has 0 bridgehead atoms. The number of rotatable bonds is 7. The summed E-state index contributed by atoms with van der Waals surface area (Å²) in [6, 6.07) is 11.6. The zero-order chi connectivity index (χ0) is 20.1. The molecule has 0 aliphatic heterocycles. The Morgan fingerprint density at radius 2 is 1.90 bits per heavy atom. The summed E-state index contributed by atoms with van der Waals surface area (Å²) in [5, 5.41) is 3.93. The van der Waals surface area contributed by atoms with Gasteiger partial charge in [0.25, 0.3) is 5.91 Å². The number of hydrogen-bond acceptors (Lipinski definition) is 6. The number of carbonyl (C=O) groups excluding carboxylic acids is 1. The minimum absolute atomic E-state index is 0. The van der Waals surface area contributed by atoms with Crippen molar-refractivity contribution in [1.82, 2.24) is 14.5 Å². The molecule has 1 aromatic heterocycles. The number of halogens is 2. The van der Waals surface area contributed by atoms with Crippen LogP contribution in [0.25, 0.3) is 0 Å². The van der Waals surface area contributed by atoms with E-state index in [2.05, 4.69) is 9.59 Å². The van der Waals surface area contributed by atoms with Gasteiger partial charge in [0.15, 0.2) is 0 Å². The lowest BCUT2D eigenvalue weighted by Crippen LogP contribution is -2.27. The fraction of sp³-hybridized carbons (Fsp3) is 0.250. The van der Waals surface area contributed by atoms with E-state index in [0.717, 1.165) is 22.6 Å². The Kier molecular flexibility index (Phi) is 8.07. The number of benzene rings is 2. The van der Waals surface area contributed by atoms with Crippen LogP contribution in [0.15, 0.2) is 42.5 Å². The van der Waals surface area contributed by atoms with Crippen LogP contribution in [0.2, 0.25) is 0 Å². The Morgan fingerprint density at radius 3 is 2.52 bits per heavy atom. The summed E-state index contributed by atoms with van der Waals surface area (Å²) in [6.45, 7) is 2.72. The topological polar surface area (TPSA) is 81.3 Å². The van der Waals surface area contributed by atoms with Gasteiger partial charge in [0, 0.05) is 7.05 Å². The Balaban J connectivity index is 0.00000300. The molecule has 0 aliphatic carbocycles. The SMILES string of the molecule is Cc1nnsc1CN(C)C(=O)c1cc(Oc2ccc(CCN)cc2)ccc1F.Cl. The third-order valence-electron chi connectivity index (χ3n) is 4.23. The van der Waals surface area contributed by atoms with E-state index < -0.39 is 11.7 Å². The first kappa shape index (κ1) is 22.7. The molecule has 2 aromatic carbocycles. The zero-order valence-electron chi connectivity index (χ0n) is 16.1. The smallest absolute Gasteiger partial charge is 0.257 e. The average molecular weight is 437 g/mol. The van der Waals surface area contributed by atoms with Gasteiger partial charge in [-0.25, -0.2) is 4.39 Å². The van der Waals surface area contributed by atoms with Crippen molar-refractivity contribution in [1.29, 1.82) is 0 Å². The summed E-state index contributed by atoms with van der Waals surface area (Å²) in [7, 11) is 1.62. The van der Waals surface area contributed by atoms with Gasteiger partial charge in [-0.2, -0.15) is 0 Å². The van der Waals surface area contributed by atoms with Crippen LogP contribution < -0.4 is 10.5 Å². The highest BCUT2D eigenvalue weighted by atomic mass is 35.5. The van der Waals surface area contributed by atoms with Crippen molar-refractivity contribution in [2.75, 3.05) is 13.6 Å². The van der Waals surface area contributed by atoms with Gasteiger partial charge in [0.2, 0.25) is 0 Å². The van der Waals surface area contributed by atoms with Gasteiger partial charge in [-0.3, -0.25) is 4.79 Å². The van der Waals surface area contributed by atoms with Crippen molar-refractivity contribution in [3.8, 4) is 11.5 Å². The first-order valence-corrected chi connectivity index (χ1v) is 9.55. The summed E-state index contributed by atoms with van der Waals surface area (Å²) in [6.07, 6.45) is 0.788. The molecule has 154 valence electrons. The first-order chi connectivity index (χ1) is 13.5. The van der Waals surface area contributed by atoms with Crippen molar-refractivity contribution in [2.45, 2.75) is 19.9 Å². The number of aryl methyl sites for hydroxylation is 1. The number of amides is 1. The highest BCUT2D eigenvalue weighted by molar-refractivity contribution is 7.05. The van der Waals surface area contributed by atoms with Crippen LogP contribution >= 0.6 is 23.9 Å². The predicted octanol–water partition coefficient (Wildman–Crippen LogP) is 3.97. The minimum atomic E-state index is -0.596. The summed E-state index contributed by atoms with van der Waals surface area (Å²) in [5.74, 6) is -0.0402. The Bertz CT molecular complexity index is 965. The second kappa shape index (κ2) is 10.3. The number of hydrogen-bond donors (Lipinski definition) is 1. The van der Waals surface area contributed by atoms with E-state index in [9.17, 15) is 9.18 Å². The van der Waals surface area contributed by atoms with Crippen molar-refractivity contribution >= 4 is 29.8 Å². The minimum Gasteiger partial charge on any atom is -0.457 e. The number of carbonyl (C=O) groups is 1. The van der Waals surface area contributed by atoms with Crippen LogP contribution in [-0.4, -0.2) is 34.0 Å². The molecule has 0 atom stereocenters. The van der Waals surface area contributed by atoms with E-state index in [4.69, 9.17) is 10.5 Å². The molecule has 6 nitrogen and oxygen atoms in total. The molecule has 1 amide bonds. The van der Waals surface area contributed by atoms with Crippen LogP contribution in [0.3, 0.4) is 0 Å². The van der Waals surface area contributed by atoms with Crippen molar-refractivity contribution in [3.05, 3.63) is 70.0 Å². The quantitative estimate of drug-likeness (QED) is 0.606. The van der Waals surface area contributed by atoms with E-state index in [1.807, 2.05) is 31.2 Å². The number of ether oxygens (including phenoxy) is 1. The van der Waals surface area contributed by atoms with Crippen molar-refractivity contribution < 1.29 is 13.9 Å². The number of nitrogens with two attached hydrogens (primary N) is 1. The Labute approximate surface area is 179 Å². The molecule has 29 heavy (non-hydrogen) atoms. The maximum atomic E-state index is 14.3. The Morgan fingerprint density at radius 1 is 1.21 bits per heavy atom. The molecule has 0 spiro atoms. The molecule has 3 aromatic rings. The molecular weight excluding hydrogens is 415 g/mol. The largest absolute Gasteiger partial charge is 0.457 e. The molecule has 9 heteroatoms. The predicted molar refractivity (Wildman–Crippen MR) is 113 cm³/mol. The maximum Gasteiger partial charge on any atom is 0.257 e. The highest BCUT2D eigenvalue weighted by Crippen LogP contribution is 2.25. The van der Waals surface area contributed by atoms with Crippen LogP contribution in [0.5, 0.6) is 11.5 Å². The first-order valence-electron chi connectivity index (χ1n) is 8.77. The van der Waals surface area contributed by atoms with Gasteiger partial charge in [-0.15, -0.1) is 17.5 Å². The molecule has 0 saturated carbocycles. The second-order valence-electron chi connectivity index (χ2n) is 6.37. The van der Waals surface area contributed by atoms with Gasteiger partial charge in [-0.05, 0) is 67.3 Å². The van der Waals surface area contributed by atoms with E-state index >= 15 is 0 Å². The lowest BCUT2D eigenvalue weighted by atomic mass is 10.1. The maximum absolute atomic E-state index is 14.3. The third-order valence-corrected chi connectivity index (χ3v) is 5.04. The van der Waals surface area contributed by atoms with E-state index in [-0.39, 0.29) is 18.0 Å². The molecule has 0 unspecified atom stereocenters. The van der Waals surface area contributed by atoms with Gasteiger partial charge in [-0.1, -0.05) is 16.6 Å². The molecule has 0 aliphatic rings. The summed E-state index contributed by atoms with van der Waals surface area (Å²) >= 11 is 1.22. The summed E-state index contributed by atoms with van der Waals surface area (Å²) in [5.41, 5.74) is 7.38. The highest BCUT2D eigenvalue weighted by Gasteiger charge is 2.19. The monoisotopic (exact) mass is 436 g/mol. The fourth-order valence-corrected chi connectivity index (χ4v) is 3.33. The molecule has 0 saturated heterocycles. The van der Waals surface area contributed by atoms with E-state index in [1.54, 1.807) is 7.05 Å². The van der Waals surface area contributed by atoms with Crippen LogP contribution in [-0.2, 0) is 13.0 Å². The van der Waals surface area contributed by atoms with E-state index in [1.165, 1.54) is 34.6 Å². The third kappa shape index (κ3) is 5.72. The summed E-state index contributed by atoms with van der Waals surface area (Å²) < 4.78 is 23.9. The molecule has 0 radical (unpaired) electrons. The molecule has 2 N–H and O–H groups in total. The number of nitrogens with zero attached hydrogens (tertiary/aromatic N) is 3. The fourth-order valence-electron chi connectivity index (χ4n) is 2.65. The molecule has 3 rings (SSSR count). The van der Waals surface area contributed by atoms with Gasteiger partial charge < -0.3 is 15.4 Å². The van der Waals surface area contributed by atoms with Crippen LogP contribution in [0, 0.1) is 12.7 Å². The molecule has 0 fully saturated rings. The van der Waals surface area contributed by atoms with Gasteiger partial charge in [0.05, 0.1) is 22.7 Å². The standard InChI is InChI=1S/C20H21FN4O2S.ClH/c1-13-19(28-24-23-13)12-25(2)20(26)17-11-16(7-8-18(17)21)27-15-5-3-14(4-6-15)9-10-22;/h3-8,11H,9-10,12,22H2,1-2H3;1H. The average Bonchev–Trinajstić information content (AvgIpc) is 3.09. The lowest BCUT2D eigenvalue weighted by molar-refractivity contribution is 0.0781. The lowest BCUT2D eigenvalue weighted by Gasteiger charge is -2.17. The van der Waals surface area contributed by atoms with Crippen LogP contribution in [0.4, 0.5) is 4.39 Å². The van der Waals surface area contributed by atoms with Crippen molar-refractivity contribution in [3.63, 3.8) is 0 Å². The van der Waals surface area contributed by atoms with Crippen LogP contribution in [0.1, 0.15) is 26.5 Å². The summed E-state index contributed by atoms with van der Waals surface area (Å²) in [4.78, 5) is 15.0. The number of aromatic nitrogens is 2. The Hall–Kier alpha value is -2.55. The van der Waals surface area contributed by atoms with Gasteiger partial charge in [0.1, 0.15) is 17.3 Å². The molecular formula is C20H22ClFN4O2S.